The molecule has 0 radical (unpaired) electrons. The lowest BCUT2D eigenvalue weighted by atomic mass is 9.82. The van der Waals surface area contributed by atoms with Gasteiger partial charge in [-0.05, 0) is 52.6 Å². The van der Waals surface area contributed by atoms with Gasteiger partial charge >= 0.3 is 0 Å². The van der Waals surface area contributed by atoms with Crippen LogP contribution in [-0.2, 0) is 5.41 Å². The van der Waals surface area contributed by atoms with Gasteiger partial charge in [0.1, 0.15) is 0 Å². The first-order valence-corrected chi connectivity index (χ1v) is 14.5. The molecular formula is C37H26N2S. The molecule has 1 aliphatic carbocycles. The number of fused-ring (bicyclic) bond motifs is 6. The van der Waals surface area contributed by atoms with Crippen molar-refractivity contribution in [3.8, 4) is 45.0 Å². The van der Waals surface area contributed by atoms with Crippen molar-refractivity contribution in [3.05, 3.63) is 132 Å². The first kappa shape index (κ1) is 23.3. The Hall–Kier alpha value is -4.60. The maximum atomic E-state index is 5.11. The molecule has 0 fully saturated rings. The molecule has 3 heteroatoms. The van der Waals surface area contributed by atoms with Crippen molar-refractivity contribution in [2.24, 2.45) is 0 Å². The lowest BCUT2D eigenvalue weighted by Crippen LogP contribution is -2.14. The van der Waals surface area contributed by atoms with Gasteiger partial charge in [-0.25, -0.2) is 9.97 Å². The average molecular weight is 531 g/mol. The van der Waals surface area contributed by atoms with E-state index in [2.05, 4.69) is 117 Å². The first-order chi connectivity index (χ1) is 19.6. The van der Waals surface area contributed by atoms with Crippen molar-refractivity contribution < 1.29 is 0 Å². The average Bonchev–Trinajstić information content (AvgIpc) is 3.49. The minimum Gasteiger partial charge on any atom is -0.228 e. The quantitative estimate of drug-likeness (QED) is 0.227. The normalized spacial score (nSPS) is 13.4. The Kier molecular flexibility index (Phi) is 5.07. The number of thiophene rings is 1. The monoisotopic (exact) mass is 530 g/mol. The van der Waals surface area contributed by atoms with E-state index < -0.39 is 0 Å². The third-order valence-electron chi connectivity index (χ3n) is 8.31. The van der Waals surface area contributed by atoms with E-state index in [0.29, 0.717) is 0 Å². The number of nitrogens with zero attached hydrogens (tertiary/aromatic N) is 2. The Morgan fingerprint density at radius 1 is 0.500 bits per heavy atom. The molecule has 0 saturated carbocycles. The van der Waals surface area contributed by atoms with Crippen molar-refractivity contribution in [2.75, 3.05) is 0 Å². The largest absolute Gasteiger partial charge is 0.228 e. The molecule has 2 nitrogen and oxygen atoms in total. The van der Waals surface area contributed by atoms with E-state index in [1.807, 2.05) is 29.5 Å². The highest BCUT2D eigenvalue weighted by atomic mass is 32.1. The Bertz CT molecular complexity index is 2090. The minimum absolute atomic E-state index is 0.0644. The number of aromatic nitrogens is 2. The molecule has 0 atom stereocenters. The highest BCUT2D eigenvalue weighted by Gasteiger charge is 2.35. The van der Waals surface area contributed by atoms with Gasteiger partial charge in [0.2, 0.25) is 0 Å². The molecule has 8 rings (SSSR count). The zero-order valence-electron chi connectivity index (χ0n) is 22.3. The topological polar surface area (TPSA) is 25.8 Å². The SMILES string of the molecule is CC1(C)c2ccccc2-c2ccc(-c3cc(-c4ccc5sc6ccccc6c5c4)nc(-c4ccccc4)n3)cc21. The summed E-state index contributed by atoms with van der Waals surface area (Å²) in [5, 5.41) is 2.57. The van der Waals surface area contributed by atoms with Crippen molar-refractivity contribution in [1.82, 2.24) is 9.97 Å². The highest BCUT2D eigenvalue weighted by Crippen LogP contribution is 2.49. The van der Waals surface area contributed by atoms with Crippen LogP contribution in [0.25, 0.3) is 65.2 Å². The summed E-state index contributed by atoms with van der Waals surface area (Å²) in [7, 11) is 0. The third kappa shape index (κ3) is 3.55. The third-order valence-corrected chi connectivity index (χ3v) is 9.46. The van der Waals surface area contributed by atoms with Gasteiger partial charge in [0.25, 0.3) is 0 Å². The van der Waals surface area contributed by atoms with Gasteiger partial charge in [0.15, 0.2) is 5.82 Å². The molecule has 0 N–H and O–H groups in total. The van der Waals surface area contributed by atoms with Crippen LogP contribution in [0.4, 0.5) is 0 Å². The van der Waals surface area contributed by atoms with Crippen LogP contribution in [0.3, 0.4) is 0 Å². The Morgan fingerprint density at radius 3 is 2.00 bits per heavy atom. The molecule has 0 unspecified atom stereocenters. The summed E-state index contributed by atoms with van der Waals surface area (Å²) in [6.07, 6.45) is 0. The number of hydrogen-bond acceptors (Lipinski definition) is 3. The van der Waals surface area contributed by atoms with Gasteiger partial charge in [0.05, 0.1) is 11.4 Å². The molecular weight excluding hydrogens is 504 g/mol. The van der Waals surface area contributed by atoms with E-state index in [1.165, 1.54) is 42.4 Å². The van der Waals surface area contributed by atoms with Crippen molar-refractivity contribution in [3.63, 3.8) is 0 Å². The Labute approximate surface area is 237 Å². The molecule has 2 heterocycles. The smallest absolute Gasteiger partial charge is 0.160 e. The van der Waals surface area contributed by atoms with E-state index in [1.54, 1.807) is 0 Å². The predicted molar refractivity (Wildman–Crippen MR) is 169 cm³/mol. The summed E-state index contributed by atoms with van der Waals surface area (Å²) in [6.45, 7) is 4.64. The molecule has 0 aliphatic heterocycles. The molecule has 2 aromatic heterocycles. The van der Waals surface area contributed by atoms with Gasteiger partial charge in [-0.15, -0.1) is 11.3 Å². The molecule has 7 aromatic rings. The van der Waals surface area contributed by atoms with Crippen LogP contribution in [0.5, 0.6) is 0 Å². The number of hydrogen-bond donors (Lipinski definition) is 0. The molecule has 0 amide bonds. The summed E-state index contributed by atoms with van der Waals surface area (Å²) < 4.78 is 2.60. The van der Waals surface area contributed by atoms with E-state index in [9.17, 15) is 0 Å². The van der Waals surface area contributed by atoms with Crippen LogP contribution < -0.4 is 0 Å². The number of benzene rings is 5. The van der Waals surface area contributed by atoms with Crippen LogP contribution >= 0.6 is 11.3 Å². The van der Waals surface area contributed by atoms with E-state index in [-0.39, 0.29) is 5.41 Å². The predicted octanol–water partition coefficient (Wildman–Crippen LogP) is 10.2. The highest BCUT2D eigenvalue weighted by molar-refractivity contribution is 7.25. The molecule has 5 aromatic carbocycles. The molecule has 190 valence electrons. The van der Waals surface area contributed by atoms with E-state index in [4.69, 9.17) is 9.97 Å². The number of rotatable bonds is 3. The fourth-order valence-corrected chi connectivity index (χ4v) is 7.29. The summed E-state index contributed by atoms with van der Waals surface area (Å²) >= 11 is 1.84. The maximum Gasteiger partial charge on any atom is 0.160 e. The van der Waals surface area contributed by atoms with Crippen LogP contribution in [0.2, 0.25) is 0 Å². The summed E-state index contributed by atoms with van der Waals surface area (Å²) in [5.41, 5.74) is 10.4. The fraction of sp³-hybridized carbons (Fsp3) is 0.0811. The lowest BCUT2D eigenvalue weighted by Gasteiger charge is -2.22. The minimum atomic E-state index is -0.0644. The second-order valence-corrected chi connectivity index (χ2v) is 12.2. The lowest BCUT2D eigenvalue weighted by molar-refractivity contribution is 0.660. The summed E-state index contributed by atoms with van der Waals surface area (Å²) in [5.74, 6) is 0.742. The molecule has 0 spiro atoms. The van der Waals surface area contributed by atoms with Crippen LogP contribution in [0.15, 0.2) is 121 Å². The van der Waals surface area contributed by atoms with Crippen LogP contribution in [-0.4, -0.2) is 9.97 Å². The van der Waals surface area contributed by atoms with E-state index >= 15 is 0 Å². The maximum absolute atomic E-state index is 5.11. The molecule has 0 saturated heterocycles. The molecule has 40 heavy (non-hydrogen) atoms. The van der Waals surface area contributed by atoms with Crippen LogP contribution in [0, 0.1) is 0 Å². The Morgan fingerprint density at radius 2 is 1.15 bits per heavy atom. The second kappa shape index (κ2) is 8.70. The second-order valence-electron chi connectivity index (χ2n) is 11.1. The Balaban J connectivity index is 1.32. The van der Waals surface area contributed by atoms with Gasteiger partial charge in [-0.2, -0.15) is 0 Å². The zero-order chi connectivity index (χ0) is 26.8. The van der Waals surface area contributed by atoms with Gasteiger partial charge in [-0.3, -0.25) is 0 Å². The van der Waals surface area contributed by atoms with Gasteiger partial charge < -0.3 is 0 Å². The van der Waals surface area contributed by atoms with Crippen molar-refractivity contribution in [2.45, 2.75) is 19.3 Å². The van der Waals surface area contributed by atoms with Crippen molar-refractivity contribution >= 4 is 31.5 Å². The van der Waals surface area contributed by atoms with Crippen molar-refractivity contribution in [1.29, 1.82) is 0 Å². The fourth-order valence-electron chi connectivity index (χ4n) is 6.21. The van der Waals surface area contributed by atoms with Gasteiger partial charge in [-0.1, -0.05) is 105 Å². The summed E-state index contributed by atoms with van der Waals surface area (Å²) in [4.78, 5) is 10.2. The van der Waals surface area contributed by atoms with Crippen LogP contribution in [0.1, 0.15) is 25.0 Å². The molecule has 1 aliphatic rings. The zero-order valence-corrected chi connectivity index (χ0v) is 23.2. The van der Waals surface area contributed by atoms with Gasteiger partial charge in [0, 0.05) is 42.3 Å². The first-order valence-electron chi connectivity index (χ1n) is 13.7. The summed E-state index contributed by atoms with van der Waals surface area (Å²) in [6, 6.07) is 43.4. The standard InChI is InChI=1S/C37H26N2S/c1-37(2)30-14-8-6-12-26(30)27-18-16-25(21-31(27)37)33-22-32(38-36(39-33)23-10-4-3-5-11-23)24-17-19-35-29(20-24)28-13-7-9-15-34(28)40-35/h3-22H,1-2H3. The van der Waals surface area contributed by atoms with E-state index in [0.717, 1.165) is 33.9 Å². The molecule has 0 bridgehead atoms.